The quantitative estimate of drug-likeness (QED) is 0.807. The van der Waals surface area contributed by atoms with Gasteiger partial charge in [0, 0.05) is 30.9 Å². The van der Waals surface area contributed by atoms with E-state index in [1.54, 1.807) is 0 Å². The van der Waals surface area contributed by atoms with Gasteiger partial charge >= 0.3 is 5.97 Å². The molecule has 0 aliphatic rings. The summed E-state index contributed by atoms with van der Waals surface area (Å²) in [5.41, 5.74) is 2.19. The van der Waals surface area contributed by atoms with Crippen molar-refractivity contribution in [3.8, 4) is 0 Å². The predicted octanol–water partition coefficient (Wildman–Crippen LogP) is 2.47. The lowest BCUT2D eigenvalue weighted by molar-refractivity contribution is -0.137. The van der Waals surface area contributed by atoms with Gasteiger partial charge in [-0.1, -0.05) is 6.07 Å². The van der Waals surface area contributed by atoms with Gasteiger partial charge in [0.05, 0.1) is 0 Å². The maximum absolute atomic E-state index is 10.5. The molecule has 0 bridgehead atoms. The number of hydrogen-bond donors (Lipinski definition) is 1. The van der Waals surface area contributed by atoms with E-state index < -0.39 is 5.97 Å². The Kier molecular flexibility index (Phi) is 5.78. The number of aryl methyl sites for hydroxylation is 1. The molecule has 0 atom stereocenters. The molecule has 0 unspecified atom stereocenters. The lowest BCUT2D eigenvalue weighted by atomic mass is 10.2. The van der Waals surface area contributed by atoms with Crippen molar-refractivity contribution >= 4 is 5.97 Å². The van der Waals surface area contributed by atoms with E-state index >= 15 is 0 Å². The minimum absolute atomic E-state index is 0.232. The van der Waals surface area contributed by atoms with Gasteiger partial charge in [-0.15, -0.1) is 0 Å². The maximum atomic E-state index is 10.5. The van der Waals surface area contributed by atoms with Crippen molar-refractivity contribution in [1.82, 2.24) is 9.88 Å². The highest BCUT2D eigenvalue weighted by molar-refractivity contribution is 5.66. The fraction of sp³-hybridized carbons (Fsp3) is 0.571. The average Bonchev–Trinajstić information content (AvgIpc) is 2.30. The van der Waals surface area contributed by atoms with Crippen LogP contribution in [-0.2, 0) is 11.3 Å². The highest BCUT2D eigenvalue weighted by atomic mass is 16.4. The van der Waals surface area contributed by atoms with Gasteiger partial charge in [-0.25, -0.2) is 0 Å². The van der Waals surface area contributed by atoms with Crippen LogP contribution < -0.4 is 0 Å². The number of nitrogens with zero attached hydrogens (tertiary/aromatic N) is 2. The van der Waals surface area contributed by atoms with Crippen LogP contribution in [-0.4, -0.2) is 33.5 Å². The van der Waals surface area contributed by atoms with E-state index in [2.05, 4.69) is 29.8 Å². The third-order valence-electron chi connectivity index (χ3n) is 2.92. The van der Waals surface area contributed by atoms with Gasteiger partial charge in [0.2, 0.25) is 0 Å². The van der Waals surface area contributed by atoms with E-state index in [9.17, 15) is 4.79 Å². The fourth-order valence-corrected chi connectivity index (χ4v) is 1.78. The third-order valence-corrected chi connectivity index (χ3v) is 2.92. The monoisotopic (exact) mass is 250 g/mol. The standard InChI is InChI=1S/C14H22N2O2/c1-11(2)16(8-4-5-14(17)18)10-13-7-6-12(3)15-9-13/h6-7,9,11H,4-5,8,10H2,1-3H3,(H,17,18). The zero-order valence-corrected chi connectivity index (χ0v) is 11.4. The summed E-state index contributed by atoms with van der Waals surface area (Å²) in [4.78, 5) is 17.1. The smallest absolute Gasteiger partial charge is 0.303 e. The summed E-state index contributed by atoms with van der Waals surface area (Å²) in [6.45, 7) is 7.85. The number of aromatic nitrogens is 1. The molecule has 18 heavy (non-hydrogen) atoms. The number of aliphatic carboxylic acids is 1. The Balaban J connectivity index is 2.52. The summed E-state index contributed by atoms with van der Waals surface area (Å²) in [5, 5.41) is 8.66. The van der Waals surface area contributed by atoms with E-state index in [1.807, 2.05) is 19.2 Å². The molecule has 1 N–H and O–H groups in total. The van der Waals surface area contributed by atoms with Crippen LogP contribution >= 0.6 is 0 Å². The Labute approximate surface area is 109 Å². The summed E-state index contributed by atoms with van der Waals surface area (Å²) >= 11 is 0. The van der Waals surface area contributed by atoms with Gasteiger partial charge < -0.3 is 5.11 Å². The molecule has 0 saturated heterocycles. The molecule has 0 saturated carbocycles. The van der Waals surface area contributed by atoms with E-state index in [-0.39, 0.29) is 6.42 Å². The number of pyridine rings is 1. The normalized spacial score (nSPS) is 11.2. The highest BCUT2D eigenvalue weighted by Gasteiger charge is 2.10. The first kappa shape index (κ1) is 14.6. The van der Waals surface area contributed by atoms with Crippen LogP contribution in [0.3, 0.4) is 0 Å². The summed E-state index contributed by atoms with van der Waals surface area (Å²) in [6, 6.07) is 4.49. The average molecular weight is 250 g/mol. The summed E-state index contributed by atoms with van der Waals surface area (Å²) < 4.78 is 0. The summed E-state index contributed by atoms with van der Waals surface area (Å²) in [5.74, 6) is -0.726. The Bertz CT molecular complexity index is 374. The first-order valence-corrected chi connectivity index (χ1v) is 6.36. The van der Waals surface area contributed by atoms with Gasteiger partial charge in [0.1, 0.15) is 0 Å². The minimum atomic E-state index is -0.726. The Morgan fingerprint density at radius 1 is 1.44 bits per heavy atom. The first-order valence-electron chi connectivity index (χ1n) is 6.36. The number of carboxylic acid groups (broad SMARTS) is 1. The predicted molar refractivity (Wildman–Crippen MR) is 71.4 cm³/mol. The SMILES string of the molecule is Cc1ccc(CN(CCCC(=O)O)C(C)C)cn1. The van der Waals surface area contributed by atoms with E-state index in [0.717, 1.165) is 18.8 Å². The molecular weight excluding hydrogens is 228 g/mol. The lowest BCUT2D eigenvalue weighted by Crippen LogP contribution is -2.31. The molecule has 0 amide bonds. The largest absolute Gasteiger partial charge is 0.481 e. The van der Waals surface area contributed by atoms with Gasteiger partial charge in [0.15, 0.2) is 0 Å². The number of carboxylic acids is 1. The molecule has 100 valence electrons. The molecule has 1 aromatic rings. The highest BCUT2D eigenvalue weighted by Crippen LogP contribution is 2.09. The Morgan fingerprint density at radius 3 is 2.67 bits per heavy atom. The minimum Gasteiger partial charge on any atom is -0.481 e. The molecule has 0 aliphatic heterocycles. The zero-order valence-electron chi connectivity index (χ0n) is 11.4. The first-order chi connectivity index (χ1) is 8.49. The van der Waals surface area contributed by atoms with Gasteiger partial charge in [0.25, 0.3) is 0 Å². The van der Waals surface area contributed by atoms with Crippen LogP contribution in [0.1, 0.15) is 37.9 Å². The molecule has 0 radical (unpaired) electrons. The van der Waals surface area contributed by atoms with E-state index in [0.29, 0.717) is 12.5 Å². The molecule has 4 nitrogen and oxygen atoms in total. The van der Waals surface area contributed by atoms with E-state index in [1.165, 1.54) is 5.56 Å². The van der Waals surface area contributed by atoms with Crippen LogP contribution in [0.25, 0.3) is 0 Å². The summed E-state index contributed by atoms with van der Waals surface area (Å²) in [7, 11) is 0. The molecule has 0 spiro atoms. The Morgan fingerprint density at radius 2 is 2.17 bits per heavy atom. The third kappa shape index (κ3) is 5.27. The van der Waals surface area contributed by atoms with Crippen molar-refractivity contribution in [1.29, 1.82) is 0 Å². The van der Waals surface area contributed by atoms with Crippen LogP contribution in [0.5, 0.6) is 0 Å². The molecule has 0 fully saturated rings. The van der Waals surface area contributed by atoms with Crippen molar-refractivity contribution in [3.63, 3.8) is 0 Å². The molecular formula is C14H22N2O2. The molecule has 4 heteroatoms. The number of rotatable bonds is 7. The van der Waals surface area contributed by atoms with Crippen LogP contribution in [0.2, 0.25) is 0 Å². The van der Waals surface area contributed by atoms with Gasteiger partial charge in [-0.2, -0.15) is 0 Å². The second-order valence-corrected chi connectivity index (χ2v) is 4.87. The molecule has 1 rings (SSSR count). The second-order valence-electron chi connectivity index (χ2n) is 4.87. The van der Waals surface area contributed by atoms with Crippen molar-refractivity contribution in [2.75, 3.05) is 6.54 Å². The lowest BCUT2D eigenvalue weighted by Gasteiger charge is -2.26. The van der Waals surface area contributed by atoms with Crippen LogP contribution in [0.4, 0.5) is 0 Å². The van der Waals surface area contributed by atoms with Gasteiger partial charge in [-0.05, 0) is 45.4 Å². The van der Waals surface area contributed by atoms with Crippen LogP contribution in [0, 0.1) is 6.92 Å². The topological polar surface area (TPSA) is 53.4 Å². The molecule has 0 aliphatic carbocycles. The number of carbonyl (C=O) groups is 1. The molecule has 1 aromatic heterocycles. The van der Waals surface area contributed by atoms with Crippen molar-refractivity contribution in [3.05, 3.63) is 29.6 Å². The second kappa shape index (κ2) is 7.11. The van der Waals surface area contributed by atoms with E-state index in [4.69, 9.17) is 5.11 Å². The van der Waals surface area contributed by atoms with Crippen molar-refractivity contribution < 1.29 is 9.90 Å². The zero-order chi connectivity index (χ0) is 13.5. The van der Waals surface area contributed by atoms with Crippen molar-refractivity contribution in [2.24, 2.45) is 0 Å². The molecule has 1 heterocycles. The van der Waals surface area contributed by atoms with Gasteiger partial charge in [-0.3, -0.25) is 14.7 Å². The molecule has 0 aromatic carbocycles. The maximum Gasteiger partial charge on any atom is 0.303 e. The van der Waals surface area contributed by atoms with Crippen molar-refractivity contribution in [2.45, 2.75) is 46.2 Å². The summed E-state index contributed by atoms with van der Waals surface area (Å²) in [6.07, 6.45) is 2.81. The fourth-order valence-electron chi connectivity index (χ4n) is 1.78. The van der Waals surface area contributed by atoms with Crippen LogP contribution in [0.15, 0.2) is 18.3 Å². The number of hydrogen-bond acceptors (Lipinski definition) is 3. The Hall–Kier alpha value is -1.42.